The first kappa shape index (κ1) is 13.7. The molecule has 4 rings (SSSR count). The summed E-state index contributed by atoms with van der Waals surface area (Å²) in [6.07, 6.45) is 0. The fourth-order valence-corrected chi connectivity index (χ4v) is 3.60. The highest BCUT2D eigenvalue weighted by atomic mass is 35.5. The van der Waals surface area contributed by atoms with Crippen LogP contribution in [-0.2, 0) is 6.67 Å². The zero-order valence-corrected chi connectivity index (χ0v) is 13.3. The first-order chi connectivity index (χ1) is 10.8. The lowest BCUT2D eigenvalue weighted by Crippen LogP contribution is -2.30. The van der Waals surface area contributed by atoms with Crippen LogP contribution in [0.4, 0.5) is 5.69 Å². The lowest BCUT2D eigenvalue weighted by atomic mass is 10.2. The Morgan fingerprint density at radius 2 is 1.86 bits per heavy atom. The molecule has 2 heterocycles. The van der Waals surface area contributed by atoms with Gasteiger partial charge in [-0.05, 0) is 24.3 Å². The minimum absolute atomic E-state index is 0.707. The average molecular weight is 329 g/mol. The maximum atomic E-state index is 6.10. The SMILES string of the molecule is Clc1cccc(-c2nnc3n2CN(c2ccccc2)CS3)c1. The molecule has 1 aliphatic rings. The Hall–Kier alpha value is -1.98. The minimum Gasteiger partial charge on any atom is -0.344 e. The maximum Gasteiger partial charge on any atom is 0.194 e. The number of aromatic nitrogens is 3. The lowest BCUT2D eigenvalue weighted by Gasteiger charge is -2.29. The van der Waals surface area contributed by atoms with E-state index in [0.29, 0.717) is 5.02 Å². The van der Waals surface area contributed by atoms with Gasteiger partial charge in [-0.3, -0.25) is 4.57 Å². The second kappa shape index (κ2) is 5.66. The van der Waals surface area contributed by atoms with Crippen LogP contribution in [0.3, 0.4) is 0 Å². The molecule has 0 N–H and O–H groups in total. The van der Waals surface area contributed by atoms with Crippen molar-refractivity contribution in [2.24, 2.45) is 0 Å². The number of hydrogen-bond acceptors (Lipinski definition) is 4. The summed E-state index contributed by atoms with van der Waals surface area (Å²) >= 11 is 7.79. The summed E-state index contributed by atoms with van der Waals surface area (Å²) in [5.41, 5.74) is 2.19. The second-order valence-electron chi connectivity index (χ2n) is 5.03. The number of thioether (sulfide) groups is 1. The Morgan fingerprint density at radius 1 is 1.00 bits per heavy atom. The van der Waals surface area contributed by atoms with E-state index in [0.717, 1.165) is 29.1 Å². The molecule has 0 radical (unpaired) electrons. The van der Waals surface area contributed by atoms with Gasteiger partial charge in [0.15, 0.2) is 11.0 Å². The molecule has 0 aliphatic carbocycles. The van der Waals surface area contributed by atoms with E-state index in [1.807, 2.05) is 30.3 Å². The summed E-state index contributed by atoms with van der Waals surface area (Å²) < 4.78 is 2.13. The van der Waals surface area contributed by atoms with Gasteiger partial charge in [0, 0.05) is 16.3 Å². The third kappa shape index (κ3) is 2.46. The highest BCUT2D eigenvalue weighted by molar-refractivity contribution is 7.99. The van der Waals surface area contributed by atoms with E-state index in [1.54, 1.807) is 11.8 Å². The number of rotatable bonds is 2. The molecule has 6 heteroatoms. The summed E-state index contributed by atoms with van der Waals surface area (Å²) in [7, 11) is 0. The predicted octanol–water partition coefficient (Wildman–Crippen LogP) is 4.13. The summed E-state index contributed by atoms with van der Waals surface area (Å²) in [4.78, 5) is 2.30. The molecule has 1 aromatic heterocycles. The fourth-order valence-electron chi connectivity index (χ4n) is 2.51. The molecule has 0 saturated carbocycles. The van der Waals surface area contributed by atoms with E-state index in [2.05, 4.69) is 43.9 Å². The molecular formula is C16H13ClN4S. The number of para-hydroxylation sites is 1. The van der Waals surface area contributed by atoms with Crippen molar-refractivity contribution in [1.82, 2.24) is 14.8 Å². The van der Waals surface area contributed by atoms with Crippen molar-refractivity contribution in [3.8, 4) is 11.4 Å². The molecule has 2 aromatic carbocycles. The van der Waals surface area contributed by atoms with E-state index < -0.39 is 0 Å². The van der Waals surface area contributed by atoms with E-state index >= 15 is 0 Å². The van der Waals surface area contributed by atoms with E-state index in [1.165, 1.54) is 5.69 Å². The molecule has 1 aliphatic heterocycles. The first-order valence-electron chi connectivity index (χ1n) is 6.93. The molecule has 22 heavy (non-hydrogen) atoms. The van der Waals surface area contributed by atoms with E-state index in [-0.39, 0.29) is 0 Å². The Kier molecular flexibility index (Phi) is 3.52. The van der Waals surface area contributed by atoms with Crippen molar-refractivity contribution in [3.63, 3.8) is 0 Å². The van der Waals surface area contributed by atoms with Crippen LogP contribution >= 0.6 is 23.4 Å². The molecule has 0 unspecified atom stereocenters. The van der Waals surface area contributed by atoms with Crippen molar-refractivity contribution < 1.29 is 0 Å². The number of halogens is 1. The monoisotopic (exact) mass is 328 g/mol. The first-order valence-corrected chi connectivity index (χ1v) is 8.29. The molecule has 110 valence electrons. The summed E-state index contributed by atoms with van der Waals surface area (Å²) in [6, 6.07) is 18.1. The van der Waals surface area contributed by atoms with Crippen LogP contribution in [0.1, 0.15) is 0 Å². The van der Waals surface area contributed by atoms with E-state index in [9.17, 15) is 0 Å². The van der Waals surface area contributed by atoms with Gasteiger partial charge in [0.25, 0.3) is 0 Å². The molecule has 0 amide bonds. The molecule has 0 atom stereocenters. The number of anilines is 1. The minimum atomic E-state index is 0.707. The van der Waals surface area contributed by atoms with Gasteiger partial charge in [0.2, 0.25) is 0 Å². The van der Waals surface area contributed by atoms with Gasteiger partial charge in [-0.2, -0.15) is 0 Å². The van der Waals surface area contributed by atoms with Crippen molar-refractivity contribution in [1.29, 1.82) is 0 Å². The largest absolute Gasteiger partial charge is 0.344 e. The quantitative estimate of drug-likeness (QED) is 0.708. The standard InChI is InChI=1S/C16H13ClN4S/c17-13-6-4-5-12(9-13)15-18-19-16-21(15)10-20(11-22-16)14-7-2-1-3-8-14/h1-9H,10-11H2. The molecule has 0 saturated heterocycles. The van der Waals surface area contributed by atoms with Crippen molar-refractivity contribution in [2.75, 3.05) is 10.8 Å². The Balaban J connectivity index is 1.71. The zero-order valence-electron chi connectivity index (χ0n) is 11.7. The molecule has 4 nitrogen and oxygen atoms in total. The fraction of sp³-hybridized carbons (Fsp3) is 0.125. The van der Waals surface area contributed by atoms with Crippen LogP contribution in [0, 0.1) is 0 Å². The highest BCUT2D eigenvalue weighted by Crippen LogP contribution is 2.32. The number of benzene rings is 2. The predicted molar refractivity (Wildman–Crippen MR) is 90.1 cm³/mol. The van der Waals surface area contributed by atoms with Crippen LogP contribution in [0.5, 0.6) is 0 Å². The van der Waals surface area contributed by atoms with Crippen LogP contribution in [0.15, 0.2) is 59.8 Å². The van der Waals surface area contributed by atoms with Crippen LogP contribution < -0.4 is 4.90 Å². The van der Waals surface area contributed by atoms with Crippen LogP contribution in [0.25, 0.3) is 11.4 Å². The third-order valence-electron chi connectivity index (χ3n) is 3.58. The molecule has 3 aromatic rings. The lowest BCUT2D eigenvalue weighted by molar-refractivity contribution is 0.608. The van der Waals surface area contributed by atoms with Gasteiger partial charge >= 0.3 is 0 Å². The van der Waals surface area contributed by atoms with Crippen LogP contribution in [0.2, 0.25) is 5.02 Å². The van der Waals surface area contributed by atoms with Gasteiger partial charge in [-0.25, -0.2) is 0 Å². The van der Waals surface area contributed by atoms with Gasteiger partial charge in [-0.15, -0.1) is 10.2 Å². The smallest absolute Gasteiger partial charge is 0.194 e. The van der Waals surface area contributed by atoms with Crippen molar-refractivity contribution in [3.05, 3.63) is 59.6 Å². The normalized spacial score (nSPS) is 14.0. The number of nitrogens with zero attached hydrogens (tertiary/aromatic N) is 4. The molecule has 0 fully saturated rings. The molecule has 0 spiro atoms. The summed E-state index contributed by atoms with van der Waals surface area (Å²) in [5.74, 6) is 1.73. The van der Waals surface area contributed by atoms with Crippen molar-refractivity contribution in [2.45, 2.75) is 11.8 Å². The van der Waals surface area contributed by atoms with Gasteiger partial charge < -0.3 is 4.90 Å². The average Bonchev–Trinajstić information content (AvgIpc) is 2.99. The van der Waals surface area contributed by atoms with Gasteiger partial charge in [-0.1, -0.05) is 53.7 Å². The Bertz CT molecular complexity index is 803. The third-order valence-corrected chi connectivity index (χ3v) is 4.82. The summed E-state index contributed by atoms with van der Waals surface area (Å²) in [6.45, 7) is 0.737. The van der Waals surface area contributed by atoms with Crippen molar-refractivity contribution >= 4 is 29.1 Å². The molecular weight excluding hydrogens is 316 g/mol. The van der Waals surface area contributed by atoms with E-state index in [4.69, 9.17) is 11.6 Å². The molecule has 0 bridgehead atoms. The van der Waals surface area contributed by atoms with Gasteiger partial charge in [0.05, 0.1) is 12.5 Å². The van der Waals surface area contributed by atoms with Gasteiger partial charge in [0.1, 0.15) is 0 Å². The summed E-state index contributed by atoms with van der Waals surface area (Å²) in [5, 5.41) is 10.3. The Labute approximate surface area is 137 Å². The number of fused-ring (bicyclic) bond motifs is 1. The number of hydrogen-bond donors (Lipinski definition) is 0. The maximum absolute atomic E-state index is 6.10. The zero-order chi connectivity index (χ0) is 14.9. The second-order valence-corrected chi connectivity index (χ2v) is 6.38. The topological polar surface area (TPSA) is 34.0 Å². The van der Waals surface area contributed by atoms with Crippen LogP contribution in [-0.4, -0.2) is 20.6 Å². The Morgan fingerprint density at radius 3 is 2.68 bits per heavy atom. The highest BCUT2D eigenvalue weighted by Gasteiger charge is 2.22.